The maximum absolute atomic E-state index is 11.6. The SMILES string of the molecule is NC(=O)C(O)CNC(=O)Cc1csc(-c2cccs2)n1. The van der Waals surface area contributed by atoms with E-state index >= 15 is 0 Å². The van der Waals surface area contributed by atoms with Gasteiger partial charge >= 0.3 is 0 Å². The number of aliphatic hydroxyl groups excluding tert-OH is 1. The predicted octanol–water partition coefficient (Wildman–Crippen LogP) is 0.376. The summed E-state index contributed by atoms with van der Waals surface area (Å²) in [5.74, 6) is -1.17. The second-order valence-electron chi connectivity index (χ2n) is 4.02. The molecule has 0 aliphatic rings. The van der Waals surface area contributed by atoms with Gasteiger partial charge in [0.1, 0.15) is 11.1 Å². The van der Waals surface area contributed by atoms with Gasteiger partial charge in [0.2, 0.25) is 11.8 Å². The number of nitrogens with two attached hydrogens (primary N) is 1. The molecule has 0 saturated carbocycles. The predicted molar refractivity (Wildman–Crippen MR) is 77.3 cm³/mol. The molecule has 0 aromatic carbocycles. The first-order valence-corrected chi connectivity index (χ1v) is 7.54. The van der Waals surface area contributed by atoms with Crippen LogP contribution in [0.2, 0.25) is 0 Å². The van der Waals surface area contributed by atoms with E-state index < -0.39 is 12.0 Å². The molecule has 0 fully saturated rings. The van der Waals surface area contributed by atoms with Crippen molar-refractivity contribution in [3.05, 3.63) is 28.6 Å². The van der Waals surface area contributed by atoms with Gasteiger partial charge in [0.25, 0.3) is 0 Å². The van der Waals surface area contributed by atoms with Crippen molar-refractivity contribution < 1.29 is 14.7 Å². The van der Waals surface area contributed by atoms with Crippen molar-refractivity contribution in [3.8, 4) is 9.88 Å². The second-order valence-corrected chi connectivity index (χ2v) is 5.83. The fourth-order valence-corrected chi connectivity index (χ4v) is 3.07. The van der Waals surface area contributed by atoms with Gasteiger partial charge in [-0.25, -0.2) is 4.98 Å². The Kier molecular flexibility index (Phi) is 4.83. The molecule has 1 atom stereocenters. The summed E-state index contributed by atoms with van der Waals surface area (Å²) in [6.45, 7) is -0.184. The summed E-state index contributed by atoms with van der Waals surface area (Å²) < 4.78 is 0. The highest BCUT2D eigenvalue weighted by Crippen LogP contribution is 2.27. The smallest absolute Gasteiger partial charge is 0.248 e. The van der Waals surface area contributed by atoms with Crippen molar-refractivity contribution in [2.24, 2.45) is 5.73 Å². The maximum atomic E-state index is 11.6. The molecule has 20 heavy (non-hydrogen) atoms. The molecular formula is C12H13N3O3S2. The van der Waals surface area contributed by atoms with Crippen LogP contribution >= 0.6 is 22.7 Å². The Bertz CT molecular complexity index is 595. The molecular weight excluding hydrogens is 298 g/mol. The van der Waals surface area contributed by atoms with Gasteiger partial charge in [0.15, 0.2) is 0 Å². The number of aliphatic hydroxyl groups is 1. The third-order valence-corrected chi connectivity index (χ3v) is 4.38. The normalized spacial score (nSPS) is 12.1. The van der Waals surface area contributed by atoms with E-state index in [1.165, 1.54) is 11.3 Å². The number of hydrogen-bond donors (Lipinski definition) is 3. The molecule has 2 rings (SSSR count). The van der Waals surface area contributed by atoms with E-state index in [9.17, 15) is 9.59 Å². The molecule has 1 unspecified atom stereocenters. The zero-order chi connectivity index (χ0) is 14.5. The third kappa shape index (κ3) is 3.86. The Hall–Kier alpha value is -1.77. The summed E-state index contributed by atoms with van der Waals surface area (Å²) in [6, 6.07) is 3.91. The summed E-state index contributed by atoms with van der Waals surface area (Å²) in [5.41, 5.74) is 5.54. The molecule has 6 nitrogen and oxygen atoms in total. The molecule has 2 amide bonds. The van der Waals surface area contributed by atoms with Crippen LogP contribution < -0.4 is 11.1 Å². The number of nitrogens with one attached hydrogen (secondary N) is 1. The van der Waals surface area contributed by atoms with Gasteiger partial charge in [-0.1, -0.05) is 6.07 Å². The zero-order valence-corrected chi connectivity index (χ0v) is 12.0. The Morgan fingerprint density at radius 2 is 2.25 bits per heavy atom. The first-order valence-electron chi connectivity index (χ1n) is 5.78. The number of primary amides is 1. The summed E-state index contributed by atoms with van der Waals surface area (Å²) in [5, 5.41) is 16.3. The average molecular weight is 311 g/mol. The lowest BCUT2D eigenvalue weighted by Gasteiger charge is -2.07. The summed E-state index contributed by atoms with van der Waals surface area (Å²) in [7, 11) is 0. The van der Waals surface area contributed by atoms with Crippen LogP contribution in [0.3, 0.4) is 0 Å². The van der Waals surface area contributed by atoms with E-state index in [0.717, 1.165) is 9.88 Å². The van der Waals surface area contributed by atoms with E-state index in [-0.39, 0.29) is 18.9 Å². The Morgan fingerprint density at radius 1 is 1.45 bits per heavy atom. The minimum Gasteiger partial charge on any atom is -0.381 e. The number of carbonyl (C=O) groups is 2. The number of thiophene rings is 1. The minimum atomic E-state index is -1.36. The standard InChI is InChI=1S/C12H13N3O3S2/c13-11(18)8(16)5-14-10(17)4-7-6-20-12(15-7)9-2-1-3-19-9/h1-3,6,8,16H,4-5H2,(H2,13,18)(H,14,17). The highest BCUT2D eigenvalue weighted by atomic mass is 32.1. The van der Waals surface area contributed by atoms with Gasteiger partial charge in [-0.2, -0.15) is 0 Å². The Labute approximate surface area is 123 Å². The number of aromatic nitrogens is 1. The highest BCUT2D eigenvalue weighted by molar-refractivity contribution is 7.20. The van der Waals surface area contributed by atoms with Crippen molar-refractivity contribution in [2.45, 2.75) is 12.5 Å². The molecule has 106 valence electrons. The van der Waals surface area contributed by atoms with Gasteiger partial charge < -0.3 is 16.2 Å². The van der Waals surface area contributed by atoms with Crippen LogP contribution in [-0.2, 0) is 16.0 Å². The number of nitrogens with zero attached hydrogens (tertiary/aromatic N) is 1. The van der Waals surface area contributed by atoms with Gasteiger partial charge in [0, 0.05) is 5.38 Å². The Balaban J connectivity index is 1.87. The lowest BCUT2D eigenvalue weighted by Crippen LogP contribution is -2.40. The summed E-state index contributed by atoms with van der Waals surface area (Å²) >= 11 is 3.06. The molecule has 0 aliphatic heterocycles. The van der Waals surface area contributed by atoms with Crippen LogP contribution in [0.15, 0.2) is 22.9 Å². The number of carbonyl (C=O) groups excluding carboxylic acids is 2. The minimum absolute atomic E-state index is 0.105. The van der Waals surface area contributed by atoms with Crippen LogP contribution in [0.1, 0.15) is 5.69 Å². The largest absolute Gasteiger partial charge is 0.381 e. The Morgan fingerprint density at radius 3 is 2.90 bits per heavy atom. The molecule has 2 heterocycles. The maximum Gasteiger partial charge on any atom is 0.248 e. The fourth-order valence-electron chi connectivity index (χ4n) is 1.44. The van der Waals surface area contributed by atoms with Gasteiger partial charge in [-0.3, -0.25) is 9.59 Å². The van der Waals surface area contributed by atoms with Gasteiger partial charge in [-0.15, -0.1) is 22.7 Å². The van der Waals surface area contributed by atoms with E-state index in [2.05, 4.69) is 10.3 Å². The van der Waals surface area contributed by atoms with Crippen molar-refractivity contribution in [3.63, 3.8) is 0 Å². The monoisotopic (exact) mass is 311 g/mol. The zero-order valence-electron chi connectivity index (χ0n) is 10.4. The van der Waals surface area contributed by atoms with Crippen molar-refractivity contribution in [1.82, 2.24) is 10.3 Å². The molecule has 4 N–H and O–H groups in total. The first kappa shape index (κ1) is 14.6. The van der Waals surface area contributed by atoms with Crippen LogP contribution in [0.25, 0.3) is 9.88 Å². The molecule has 2 aromatic rings. The topological polar surface area (TPSA) is 105 Å². The second kappa shape index (κ2) is 6.60. The van der Waals surface area contributed by atoms with E-state index in [0.29, 0.717) is 5.69 Å². The molecule has 0 spiro atoms. The van der Waals surface area contributed by atoms with Crippen molar-refractivity contribution in [1.29, 1.82) is 0 Å². The fraction of sp³-hybridized carbons (Fsp3) is 0.250. The molecule has 0 aliphatic carbocycles. The number of amides is 2. The lowest BCUT2D eigenvalue weighted by molar-refractivity contribution is -0.126. The third-order valence-electron chi connectivity index (χ3n) is 2.45. The first-order chi connectivity index (χ1) is 9.56. The number of hydrogen-bond acceptors (Lipinski definition) is 6. The average Bonchev–Trinajstić information content (AvgIpc) is 3.05. The summed E-state index contributed by atoms with van der Waals surface area (Å²) in [6.07, 6.45) is -1.26. The van der Waals surface area contributed by atoms with Crippen LogP contribution in [-0.4, -0.2) is 34.6 Å². The van der Waals surface area contributed by atoms with Crippen molar-refractivity contribution >= 4 is 34.5 Å². The van der Waals surface area contributed by atoms with Gasteiger partial charge in [0.05, 0.1) is 23.5 Å². The van der Waals surface area contributed by atoms with Crippen LogP contribution in [0.4, 0.5) is 0 Å². The van der Waals surface area contributed by atoms with E-state index in [4.69, 9.17) is 10.8 Å². The van der Waals surface area contributed by atoms with E-state index in [1.54, 1.807) is 11.3 Å². The molecule has 0 bridgehead atoms. The molecule has 0 radical (unpaired) electrons. The molecule has 2 aromatic heterocycles. The van der Waals surface area contributed by atoms with Crippen LogP contribution in [0, 0.1) is 0 Å². The lowest BCUT2D eigenvalue weighted by atomic mass is 10.3. The molecule has 0 saturated heterocycles. The van der Waals surface area contributed by atoms with Crippen LogP contribution in [0.5, 0.6) is 0 Å². The summed E-state index contributed by atoms with van der Waals surface area (Å²) in [4.78, 5) is 27.7. The quantitative estimate of drug-likeness (QED) is 0.717. The van der Waals surface area contributed by atoms with Crippen molar-refractivity contribution in [2.75, 3.05) is 6.54 Å². The molecule has 8 heteroatoms. The van der Waals surface area contributed by atoms with E-state index in [1.807, 2.05) is 22.9 Å². The highest BCUT2D eigenvalue weighted by Gasteiger charge is 2.13. The number of thiazole rings is 1. The van der Waals surface area contributed by atoms with Gasteiger partial charge in [-0.05, 0) is 11.4 Å². The number of rotatable bonds is 6.